The van der Waals surface area contributed by atoms with Gasteiger partial charge in [-0.25, -0.2) is 4.79 Å². The van der Waals surface area contributed by atoms with Crippen LogP contribution in [0.3, 0.4) is 0 Å². The minimum absolute atomic E-state index is 0.271. The van der Waals surface area contributed by atoms with Crippen LogP contribution in [0.1, 0.15) is 6.42 Å². The molecule has 0 bridgehead atoms. The van der Waals surface area contributed by atoms with Crippen molar-refractivity contribution in [2.45, 2.75) is 6.42 Å². The highest BCUT2D eigenvalue weighted by atomic mass is 16.2. The van der Waals surface area contributed by atoms with Crippen LogP contribution in [0.15, 0.2) is 12.2 Å². The molecule has 2 N–H and O–H groups in total. The lowest BCUT2D eigenvalue weighted by molar-refractivity contribution is 0.216. The van der Waals surface area contributed by atoms with Crippen LogP contribution >= 0.6 is 0 Å². The SMILES string of the molecule is NC(=O)N1CC2C=CCC2C1. The van der Waals surface area contributed by atoms with Gasteiger partial charge >= 0.3 is 6.03 Å². The molecule has 0 saturated carbocycles. The van der Waals surface area contributed by atoms with Gasteiger partial charge in [0.1, 0.15) is 0 Å². The van der Waals surface area contributed by atoms with Gasteiger partial charge in [-0.15, -0.1) is 0 Å². The van der Waals surface area contributed by atoms with Crippen LogP contribution in [-0.4, -0.2) is 24.0 Å². The first-order valence-electron chi connectivity index (χ1n) is 3.98. The van der Waals surface area contributed by atoms with Crippen molar-refractivity contribution < 1.29 is 4.79 Å². The number of primary amides is 1. The molecule has 0 aromatic rings. The van der Waals surface area contributed by atoms with Crippen molar-refractivity contribution in [3.8, 4) is 0 Å². The molecule has 2 aliphatic rings. The Bertz CT molecular complexity index is 212. The van der Waals surface area contributed by atoms with E-state index in [-0.39, 0.29) is 6.03 Å². The van der Waals surface area contributed by atoms with E-state index in [1.54, 1.807) is 4.90 Å². The molecule has 1 fully saturated rings. The Morgan fingerprint density at radius 2 is 2.36 bits per heavy atom. The molecule has 1 heterocycles. The van der Waals surface area contributed by atoms with E-state index in [4.69, 9.17) is 5.73 Å². The van der Waals surface area contributed by atoms with Crippen LogP contribution < -0.4 is 5.73 Å². The van der Waals surface area contributed by atoms with E-state index in [2.05, 4.69) is 12.2 Å². The summed E-state index contributed by atoms with van der Waals surface area (Å²) < 4.78 is 0. The number of likely N-dealkylation sites (tertiary alicyclic amines) is 1. The maximum Gasteiger partial charge on any atom is 0.314 e. The number of hydrogen-bond acceptors (Lipinski definition) is 1. The summed E-state index contributed by atoms with van der Waals surface area (Å²) in [6.07, 6.45) is 5.52. The zero-order valence-corrected chi connectivity index (χ0v) is 6.36. The number of nitrogens with zero attached hydrogens (tertiary/aromatic N) is 1. The highest BCUT2D eigenvalue weighted by Gasteiger charge is 2.34. The van der Waals surface area contributed by atoms with Crippen LogP contribution in [0, 0.1) is 11.8 Å². The number of amides is 2. The van der Waals surface area contributed by atoms with Gasteiger partial charge in [0.25, 0.3) is 0 Å². The first kappa shape index (κ1) is 6.70. The summed E-state index contributed by atoms with van der Waals surface area (Å²) in [6, 6.07) is -0.271. The molecule has 1 aliphatic carbocycles. The van der Waals surface area contributed by atoms with Crippen molar-refractivity contribution in [3.63, 3.8) is 0 Å². The predicted octanol–water partition coefficient (Wildman–Crippen LogP) is 0.573. The summed E-state index contributed by atoms with van der Waals surface area (Å²) >= 11 is 0. The molecule has 0 aromatic heterocycles. The van der Waals surface area contributed by atoms with Gasteiger partial charge in [0.15, 0.2) is 0 Å². The van der Waals surface area contributed by atoms with E-state index in [0.717, 1.165) is 19.5 Å². The molecule has 2 rings (SSSR count). The lowest BCUT2D eigenvalue weighted by Gasteiger charge is -2.11. The Labute approximate surface area is 65.9 Å². The topological polar surface area (TPSA) is 46.3 Å². The zero-order chi connectivity index (χ0) is 7.84. The molecule has 3 nitrogen and oxygen atoms in total. The predicted molar refractivity (Wildman–Crippen MR) is 41.9 cm³/mol. The van der Waals surface area contributed by atoms with Crippen molar-refractivity contribution in [1.82, 2.24) is 4.90 Å². The molecule has 0 spiro atoms. The van der Waals surface area contributed by atoms with Gasteiger partial charge in [-0.1, -0.05) is 12.2 Å². The maximum atomic E-state index is 10.8. The average molecular weight is 152 g/mol. The maximum absolute atomic E-state index is 10.8. The van der Waals surface area contributed by atoms with Crippen LogP contribution in [0.25, 0.3) is 0 Å². The number of nitrogens with two attached hydrogens (primary N) is 1. The fourth-order valence-corrected chi connectivity index (χ4v) is 1.97. The molecule has 60 valence electrons. The third-order valence-electron chi connectivity index (χ3n) is 2.63. The molecule has 1 saturated heterocycles. The van der Waals surface area contributed by atoms with E-state index >= 15 is 0 Å². The summed E-state index contributed by atoms with van der Waals surface area (Å²) in [6.45, 7) is 1.68. The summed E-state index contributed by atoms with van der Waals surface area (Å²) in [7, 11) is 0. The number of carbonyl (C=O) groups excluding carboxylic acids is 1. The lowest BCUT2D eigenvalue weighted by Crippen LogP contribution is -2.34. The average Bonchev–Trinajstić information content (AvgIpc) is 2.40. The fraction of sp³-hybridized carbons (Fsp3) is 0.625. The molecular weight excluding hydrogens is 140 g/mol. The monoisotopic (exact) mass is 152 g/mol. The number of allylic oxidation sites excluding steroid dienone is 1. The zero-order valence-electron chi connectivity index (χ0n) is 6.36. The minimum atomic E-state index is -0.271. The van der Waals surface area contributed by atoms with Crippen LogP contribution in [-0.2, 0) is 0 Å². The number of carbonyl (C=O) groups is 1. The second-order valence-corrected chi connectivity index (χ2v) is 3.33. The van der Waals surface area contributed by atoms with Gasteiger partial charge in [-0.05, 0) is 18.3 Å². The number of rotatable bonds is 0. The Morgan fingerprint density at radius 1 is 1.55 bits per heavy atom. The fourth-order valence-electron chi connectivity index (χ4n) is 1.97. The van der Waals surface area contributed by atoms with Gasteiger partial charge in [0.2, 0.25) is 0 Å². The van der Waals surface area contributed by atoms with Crippen LogP contribution in [0.4, 0.5) is 4.79 Å². The smallest absolute Gasteiger partial charge is 0.314 e. The Hall–Kier alpha value is -0.990. The largest absolute Gasteiger partial charge is 0.351 e. The molecular formula is C8H12N2O. The van der Waals surface area contributed by atoms with Gasteiger partial charge in [-0.3, -0.25) is 0 Å². The highest BCUT2D eigenvalue weighted by molar-refractivity contribution is 5.72. The highest BCUT2D eigenvalue weighted by Crippen LogP contribution is 2.32. The van der Waals surface area contributed by atoms with E-state index in [1.165, 1.54) is 0 Å². The molecule has 2 amide bonds. The number of fused-ring (bicyclic) bond motifs is 1. The molecule has 2 atom stereocenters. The minimum Gasteiger partial charge on any atom is -0.351 e. The summed E-state index contributed by atoms with van der Waals surface area (Å²) in [5.74, 6) is 1.24. The first-order valence-corrected chi connectivity index (χ1v) is 3.98. The van der Waals surface area contributed by atoms with Gasteiger partial charge in [0, 0.05) is 13.1 Å². The van der Waals surface area contributed by atoms with Gasteiger partial charge < -0.3 is 10.6 Å². The van der Waals surface area contributed by atoms with E-state index in [1.807, 2.05) is 0 Å². The van der Waals surface area contributed by atoms with Crippen molar-refractivity contribution >= 4 is 6.03 Å². The summed E-state index contributed by atoms with van der Waals surface area (Å²) in [4.78, 5) is 12.5. The van der Waals surface area contributed by atoms with Gasteiger partial charge in [0.05, 0.1) is 0 Å². The quantitative estimate of drug-likeness (QED) is 0.507. The second-order valence-electron chi connectivity index (χ2n) is 3.33. The van der Waals surface area contributed by atoms with Gasteiger partial charge in [-0.2, -0.15) is 0 Å². The first-order chi connectivity index (χ1) is 5.27. The van der Waals surface area contributed by atoms with E-state index in [9.17, 15) is 4.79 Å². The standard InChI is InChI=1S/C8H12N2O/c9-8(11)10-4-6-2-1-3-7(6)5-10/h1-2,6-7H,3-5H2,(H2,9,11). The van der Waals surface area contributed by atoms with E-state index < -0.39 is 0 Å². The molecule has 1 aliphatic heterocycles. The summed E-state index contributed by atoms with van der Waals surface area (Å²) in [5.41, 5.74) is 5.16. The van der Waals surface area contributed by atoms with E-state index in [0.29, 0.717) is 11.8 Å². The third-order valence-corrected chi connectivity index (χ3v) is 2.63. The molecule has 3 heteroatoms. The molecule has 0 radical (unpaired) electrons. The lowest BCUT2D eigenvalue weighted by atomic mass is 10.0. The molecule has 0 aromatic carbocycles. The van der Waals surface area contributed by atoms with Crippen molar-refractivity contribution in [1.29, 1.82) is 0 Å². The molecule has 2 unspecified atom stereocenters. The summed E-state index contributed by atoms with van der Waals surface area (Å²) in [5, 5.41) is 0. The Kier molecular flexibility index (Phi) is 1.37. The Balaban J connectivity index is 2.04. The second kappa shape index (κ2) is 2.26. The molecule has 11 heavy (non-hydrogen) atoms. The van der Waals surface area contributed by atoms with Crippen molar-refractivity contribution in [2.75, 3.05) is 13.1 Å². The number of urea groups is 1. The van der Waals surface area contributed by atoms with Crippen molar-refractivity contribution in [2.24, 2.45) is 17.6 Å². The van der Waals surface area contributed by atoms with Crippen LogP contribution in [0.2, 0.25) is 0 Å². The third kappa shape index (κ3) is 1.00. The Morgan fingerprint density at radius 3 is 3.00 bits per heavy atom. The van der Waals surface area contributed by atoms with Crippen molar-refractivity contribution in [3.05, 3.63) is 12.2 Å². The van der Waals surface area contributed by atoms with Crippen LogP contribution in [0.5, 0.6) is 0 Å². The number of hydrogen-bond donors (Lipinski definition) is 1. The normalized spacial score (nSPS) is 34.4.